The number of rotatable bonds is 2. The van der Waals surface area contributed by atoms with E-state index in [-0.39, 0.29) is 5.69 Å². The zero-order chi connectivity index (χ0) is 14.3. The standard InChI is InChI=1S/C13H9BrN4O2/c1-8-4-10-11(6-15-8)13(18(19)20)3-2-12(10)17-7-9(14)5-16-17/h2-7H,1H3. The number of nitro groups is 1. The zero-order valence-electron chi connectivity index (χ0n) is 10.4. The van der Waals surface area contributed by atoms with Crippen molar-refractivity contribution in [3.05, 3.63) is 57.1 Å². The molecule has 0 spiro atoms. The van der Waals surface area contributed by atoms with E-state index in [1.807, 2.05) is 13.0 Å². The van der Waals surface area contributed by atoms with E-state index in [1.54, 1.807) is 23.1 Å². The van der Waals surface area contributed by atoms with Crippen LogP contribution in [0.5, 0.6) is 0 Å². The van der Waals surface area contributed by atoms with Crippen molar-refractivity contribution in [2.24, 2.45) is 0 Å². The maximum absolute atomic E-state index is 11.1. The van der Waals surface area contributed by atoms with Crippen molar-refractivity contribution in [3.8, 4) is 5.69 Å². The number of benzene rings is 1. The highest BCUT2D eigenvalue weighted by Gasteiger charge is 2.16. The second-order valence-corrected chi connectivity index (χ2v) is 5.25. The molecule has 0 amide bonds. The second-order valence-electron chi connectivity index (χ2n) is 4.34. The van der Waals surface area contributed by atoms with Crippen molar-refractivity contribution in [1.29, 1.82) is 0 Å². The first-order valence-electron chi connectivity index (χ1n) is 5.80. The molecule has 1 aromatic carbocycles. The van der Waals surface area contributed by atoms with Gasteiger partial charge in [0.2, 0.25) is 0 Å². The van der Waals surface area contributed by atoms with Crippen LogP contribution < -0.4 is 0 Å². The number of aromatic nitrogens is 3. The SMILES string of the molecule is Cc1cc2c(-n3cc(Br)cn3)ccc([N+](=O)[O-])c2cn1. The van der Waals surface area contributed by atoms with Gasteiger partial charge in [0.25, 0.3) is 5.69 Å². The Kier molecular flexibility index (Phi) is 2.98. The summed E-state index contributed by atoms with van der Waals surface area (Å²) in [5.74, 6) is 0. The number of pyridine rings is 1. The molecule has 2 aromatic heterocycles. The average molecular weight is 333 g/mol. The Morgan fingerprint density at radius 1 is 1.30 bits per heavy atom. The van der Waals surface area contributed by atoms with Crippen molar-refractivity contribution in [1.82, 2.24) is 14.8 Å². The summed E-state index contributed by atoms with van der Waals surface area (Å²) in [5, 5.41) is 16.6. The lowest BCUT2D eigenvalue weighted by molar-refractivity contribution is -0.383. The van der Waals surface area contributed by atoms with Crippen LogP contribution in [0.2, 0.25) is 0 Å². The number of halogens is 1. The maximum Gasteiger partial charge on any atom is 0.278 e. The Balaban J connectivity index is 2.36. The third-order valence-corrected chi connectivity index (χ3v) is 3.40. The molecule has 3 aromatic rings. The van der Waals surface area contributed by atoms with Gasteiger partial charge in [0.05, 0.1) is 26.7 Å². The van der Waals surface area contributed by atoms with E-state index < -0.39 is 4.92 Å². The Morgan fingerprint density at radius 2 is 2.10 bits per heavy atom. The van der Waals surface area contributed by atoms with E-state index in [4.69, 9.17) is 0 Å². The lowest BCUT2D eigenvalue weighted by Crippen LogP contribution is -1.99. The highest BCUT2D eigenvalue weighted by molar-refractivity contribution is 9.10. The van der Waals surface area contributed by atoms with Crippen molar-refractivity contribution in [3.63, 3.8) is 0 Å². The minimum atomic E-state index is -0.401. The minimum Gasteiger partial charge on any atom is -0.261 e. The van der Waals surface area contributed by atoms with E-state index in [1.165, 1.54) is 12.3 Å². The minimum absolute atomic E-state index is 0.0440. The summed E-state index contributed by atoms with van der Waals surface area (Å²) in [6.07, 6.45) is 5.00. The predicted octanol–water partition coefficient (Wildman–Crippen LogP) is 3.40. The Morgan fingerprint density at radius 3 is 2.75 bits per heavy atom. The highest BCUT2D eigenvalue weighted by atomic mass is 79.9. The fourth-order valence-corrected chi connectivity index (χ4v) is 2.39. The number of nitrogens with zero attached hydrogens (tertiary/aromatic N) is 4. The molecule has 0 saturated carbocycles. The van der Waals surface area contributed by atoms with Crippen LogP contribution in [0.25, 0.3) is 16.5 Å². The van der Waals surface area contributed by atoms with E-state index in [0.29, 0.717) is 5.39 Å². The van der Waals surface area contributed by atoms with Crippen LogP contribution in [-0.2, 0) is 0 Å². The molecular weight excluding hydrogens is 324 g/mol. The van der Waals surface area contributed by atoms with Crippen molar-refractivity contribution >= 4 is 32.4 Å². The smallest absolute Gasteiger partial charge is 0.261 e. The summed E-state index contributed by atoms with van der Waals surface area (Å²) >= 11 is 3.34. The summed E-state index contributed by atoms with van der Waals surface area (Å²) in [4.78, 5) is 14.8. The molecular formula is C13H9BrN4O2. The van der Waals surface area contributed by atoms with Gasteiger partial charge in [0, 0.05) is 29.5 Å². The molecule has 100 valence electrons. The number of fused-ring (bicyclic) bond motifs is 1. The Hall–Kier alpha value is -2.28. The van der Waals surface area contributed by atoms with Crippen LogP contribution in [-0.4, -0.2) is 19.7 Å². The van der Waals surface area contributed by atoms with E-state index >= 15 is 0 Å². The number of hydrogen-bond donors (Lipinski definition) is 0. The van der Waals surface area contributed by atoms with Gasteiger partial charge in [-0.25, -0.2) is 4.68 Å². The van der Waals surface area contributed by atoms with Crippen molar-refractivity contribution in [2.45, 2.75) is 6.92 Å². The molecule has 0 N–H and O–H groups in total. The number of hydrogen-bond acceptors (Lipinski definition) is 4. The number of non-ortho nitro benzene ring substituents is 1. The largest absolute Gasteiger partial charge is 0.278 e. The zero-order valence-corrected chi connectivity index (χ0v) is 12.0. The van der Waals surface area contributed by atoms with Crippen LogP contribution in [0.15, 0.2) is 41.3 Å². The maximum atomic E-state index is 11.1. The summed E-state index contributed by atoms with van der Waals surface area (Å²) in [6.45, 7) is 1.85. The summed E-state index contributed by atoms with van der Waals surface area (Å²) in [5.41, 5.74) is 1.62. The molecule has 6 nitrogen and oxygen atoms in total. The Bertz CT molecular complexity index is 828. The molecule has 0 aliphatic heterocycles. The highest BCUT2D eigenvalue weighted by Crippen LogP contribution is 2.30. The molecule has 0 aliphatic rings. The molecule has 0 atom stereocenters. The molecule has 0 fully saturated rings. The Labute approximate surface area is 122 Å². The van der Waals surface area contributed by atoms with E-state index in [9.17, 15) is 10.1 Å². The van der Waals surface area contributed by atoms with Gasteiger partial charge in [-0.3, -0.25) is 15.1 Å². The molecule has 0 saturated heterocycles. The molecule has 0 unspecified atom stereocenters. The first kappa shape index (κ1) is 12.7. The third kappa shape index (κ3) is 2.05. The monoisotopic (exact) mass is 332 g/mol. The molecule has 2 heterocycles. The molecule has 0 aliphatic carbocycles. The first-order valence-corrected chi connectivity index (χ1v) is 6.60. The van der Waals surface area contributed by atoms with Gasteiger partial charge in [0.1, 0.15) is 0 Å². The fraction of sp³-hybridized carbons (Fsp3) is 0.0769. The summed E-state index contributed by atoms with van der Waals surface area (Å²) in [6, 6.07) is 5.00. The third-order valence-electron chi connectivity index (χ3n) is 2.99. The predicted molar refractivity (Wildman–Crippen MR) is 78.0 cm³/mol. The normalized spacial score (nSPS) is 10.9. The van der Waals surface area contributed by atoms with Gasteiger partial charge in [-0.2, -0.15) is 5.10 Å². The van der Waals surface area contributed by atoms with E-state index in [2.05, 4.69) is 26.0 Å². The van der Waals surface area contributed by atoms with Gasteiger partial charge in [-0.05, 0) is 35.0 Å². The van der Waals surface area contributed by atoms with E-state index in [0.717, 1.165) is 21.2 Å². The second kappa shape index (κ2) is 4.68. The number of aryl methyl sites for hydroxylation is 1. The molecule has 3 rings (SSSR count). The topological polar surface area (TPSA) is 73.8 Å². The van der Waals surface area contributed by atoms with Crippen LogP contribution in [0, 0.1) is 17.0 Å². The first-order chi connectivity index (χ1) is 9.56. The molecule has 0 radical (unpaired) electrons. The summed E-state index contributed by atoms with van der Waals surface area (Å²) in [7, 11) is 0. The summed E-state index contributed by atoms with van der Waals surface area (Å²) < 4.78 is 2.52. The molecule has 0 bridgehead atoms. The van der Waals surface area contributed by atoms with Crippen molar-refractivity contribution < 1.29 is 4.92 Å². The quantitative estimate of drug-likeness (QED) is 0.532. The van der Waals surface area contributed by atoms with Crippen LogP contribution in [0.3, 0.4) is 0 Å². The van der Waals surface area contributed by atoms with Gasteiger partial charge < -0.3 is 0 Å². The molecule has 20 heavy (non-hydrogen) atoms. The average Bonchev–Trinajstić information content (AvgIpc) is 2.83. The van der Waals surface area contributed by atoms with Gasteiger partial charge in [0.15, 0.2) is 0 Å². The van der Waals surface area contributed by atoms with Crippen LogP contribution in [0.1, 0.15) is 5.69 Å². The molecule has 7 heteroatoms. The van der Waals surface area contributed by atoms with Crippen LogP contribution in [0.4, 0.5) is 5.69 Å². The lowest BCUT2D eigenvalue weighted by atomic mass is 10.1. The van der Waals surface area contributed by atoms with Gasteiger partial charge >= 0.3 is 0 Å². The van der Waals surface area contributed by atoms with Gasteiger partial charge in [-0.1, -0.05) is 0 Å². The van der Waals surface area contributed by atoms with Crippen molar-refractivity contribution in [2.75, 3.05) is 0 Å². The fourth-order valence-electron chi connectivity index (χ4n) is 2.10. The lowest BCUT2D eigenvalue weighted by Gasteiger charge is -2.07. The van der Waals surface area contributed by atoms with Crippen LogP contribution >= 0.6 is 15.9 Å². The van der Waals surface area contributed by atoms with Gasteiger partial charge in [-0.15, -0.1) is 0 Å². The number of nitro benzene ring substituents is 1.